The van der Waals surface area contributed by atoms with Crippen molar-refractivity contribution in [2.45, 2.75) is 77.2 Å². The summed E-state index contributed by atoms with van der Waals surface area (Å²) in [7, 11) is -3.82. The van der Waals surface area contributed by atoms with Gasteiger partial charge in [-0.3, -0.25) is 0 Å². The van der Waals surface area contributed by atoms with E-state index in [1.807, 2.05) is 0 Å². The van der Waals surface area contributed by atoms with E-state index in [-0.39, 0.29) is 6.04 Å². The number of nitrogens with one attached hydrogen (secondary N) is 1. The fraction of sp³-hybridized carbons (Fsp3) is 1.00. The van der Waals surface area contributed by atoms with Crippen molar-refractivity contribution in [3.63, 3.8) is 0 Å². The Morgan fingerprint density at radius 2 is 1.16 bits per heavy atom. The fourth-order valence-electron chi connectivity index (χ4n) is 2.12. The van der Waals surface area contributed by atoms with Gasteiger partial charge >= 0.3 is 8.80 Å². The van der Waals surface area contributed by atoms with Gasteiger partial charge < -0.3 is 19.7 Å². The van der Waals surface area contributed by atoms with Gasteiger partial charge in [0.15, 0.2) is 0 Å². The number of hydrogen-bond acceptors (Lipinski definition) is 4. The highest BCUT2D eigenvalue weighted by Crippen LogP contribution is 2.10. The van der Waals surface area contributed by atoms with Crippen LogP contribution in [0.3, 0.4) is 0 Å². The Morgan fingerprint density at radius 1 is 0.684 bits per heavy atom. The SMILES string of the molecule is CCCCCCCCCCCCNCC[Si](O)(O)O. The summed E-state index contributed by atoms with van der Waals surface area (Å²) in [6.07, 6.45) is 13.2. The quantitative estimate of drug-likeness (QED) is 0.293. The third-order valence-corrected chi connectivity index (χ3v) is 4.27. The normalized spacial score (nSPS) is 12.0. The number of unbranched alkanes of at least 4 members (excludes halogenated alkanes) is 9. The minimum Gasteiger partial charge on any atom is -0.390 e. The first-order valence-corrected chi connectivity index (χ1v) is 9.99. The van der Waals surface area contributed by atoms with Crippen LogP contribution in [0.25, 0.3) is 0 Å². The van der Waals surface area contributed by atoms with Crippen LogP contribution in [0.2, 0.25) is 6.04 Å². The van der Waals surface area contributed by atoms with Crippen LogP contribution < -0.4 is 5.32 Å². The van der Waals surface area contributed by atoms with Gasteiger partial charge in [-0.2, -0.15) is 0 Å². The van der Waals surface area contributed by atoms with Gasteiger partial charge in [0.05, 0.1) is 0 Å². The van der Waals surface area contributed by atoms with Crippen LogP contribution in [-0.2, 0) is 0 Å². The molecule has 0 bridgehead atoms. The Bertz CT molecular complexity index is 186. The maximum absolute atomic E-state index is 8.80. The Balaban J connectivity index is 2.99. The summed E-state index contributed by atoms with van der Waals surface area (Å²) in [6, 6.07) is 0.0881. The summed E-state index contributed by atoms with van der Waals surface area (Å²) in [5.74, 6) is 0. The zero-order valence-corrected chi connectivity index (χ0v) is 13.5. The van der Waals surface area contributed by atoms with Crippen molar-refractivity contribution in [1.29, 1.82) is 0 Å². The van der Waals surface area contributed by atoms with E-state index < -0.39 is 8.80 Å². The van der Waals surface area contributed by atoms with Crippen LogP contribution >= 0.6 is 0 Å². The van der Waals surface area contributed by atoms with Gasteiger partial charge in [-0.05, 0) is 19.5 Å². The molecule has 5 heteroatoms. The molecular weight excluding hydrogens is 258 g/mol. The molecule has 0 heterocycles. The standard InChI is InChI=1S/C14H33NO3Si/c1-2-3-4-5-6-7-8-9-10-11-12-15-13-14-19(16,17)18/h15-18H,2-14H2,1H3. The average Bonchev–Trinajstić information content (AvgIpc) is 2.34. The van der Waals surface area contributed by atoms with Crippen molar-refractivity contribution in [3.05, 3.63) is 0 Å². The first-order chi connectivity index (χ1) is 9.06. The molecule has 0 aliphatic heterocycles. The highest BCUT2D eigenvalue weighted by Gasteiger charge is 2.25. The highest BCUT2D eigenvalue weighted by atomic mass is 28.4. The van der Waals surface area contributed by atoms with Crippen molar-refractivity contribution in [2.24, 2.45) is 0 Å². The number of rotatable bonds is 14. The van der Waals surface area contributed by atoms with E-state index in [4.69, 9.17) is 14.4 Å². The summed E-state index contributed by atoms with van der Waals surface area (Å²) < 4.78 is 0. The molecule has 0 atom stereocenters. The Labute approximate surface area is 119 Å². The van der Waals surface area contributed by atoms with E-state index in [1.165, 1.54) is 57.8 Å². The molecule has 0 saturated heterocycles. The van der Waals surface area contributed by atoms with Gasteiger partial charge in [0.2, 0.25) is 0 Å². The highest BCUT2D eigenvalue weighted by molar-refractivity contribution is 6.56. The molecule has 0 aromatic heterocycles. The van der Waals surface area contributed by atoms with Gasteiger partial charge in [-0.1, -0.05) is 64.7 Å². The van der Waals surface area contributed by atoms with Crippen LogP contribution in [0.15, 0.2) is 0 Å². The van der Waals surface area contributed by atoms with Gasteiger partial charge in [0, 0.05) is 6.04 Å². The molecule has 0 aromatic rings. The molecule has 0 amide bonds. The van der Waals surface area contributed by atoms with E-state index in [1.54, 1.807) is 0 Å². The monoisotopic (exact) mass is 291 g/mol. The largest absolute Gasteiger partial charge is 0.494 e. The third-order valence-electron chi connectivity index (χ3n) is 3.34. The molecule has 0 rings (SSSR count). The Kier molecular flexibility index (Phi) is 13.1. The molecule has 4 N–H and O–H groups in total. The van der Waals surface area contributed by atoms with Gasteiger partial charge in [0.25, 0.3) is 0 Å². The van der Waals surface area contributed by atoms with Crippen molar-refractivity contribution in [2.75, 3.05) is 13.1 Å². The molecule has 0 spiro atoms. The Morgan fingerprint density at radius 3 is 1.63 bits per heavy atom. The molecule has 0 aliphatic carbocycles. The summed E-state index contributed by atoms with van der Waals surface area (Å²) in [6.45, 7) is 3.64. The minimum atomic E-state index is -3.82. The first-order valence-electron chi connectivity index (χ1n) is 7.94. The molecule has 0 aromatic carbocycles. The molecule has 4 nitrogen and oxygen atoms in total. The molecule has 0 aliphatic rings. The van der Waals surface area contributed by atoms with Gasteiger partial charge in [-0.25, -0.2) is 0 Å². The van der Waals surface area contributed by atoms with Gasteiger partial charge in [-0.15, -0.1) is 0 Å². The predicted molar refractivity (Wildman–Crippen MR) is 81.9 cm³/mol. The third kappa shape index (κ3) is 18.1. The topological polar surface area (TPSA) is 72.7 Å². The molecule has 0 fully saturated rings. The fourth-order valence-corrected chi connectivity index (χ4v) is 2.63. The van der Waals surface area contributed by atoms with Crippen LogP contribution in [0, 0.1) is 0 Å². The summed E-state index contributed by atoms with van der Waals surface area (Å²) in [4.78, 5) is 26.4. The van der Waals surface area contributed by atoms with E-state index in [0.29, 0.717) is 6.54 Å². The molecular formula is C14H33NO3Si. The smallest absolute Gasteiger partial charge is 0.390 e. The maximum Gasteiger partial charge on any atom is 0.494 e. The van der Waals surface area contributed by atoms with Crippen LogP contribution in [0.1, 0.15) is 71.1 Å². The lowest BCUT2D eigenvalue weighted by atomic mass is 10.1. The lowest BCUT2D eigenvalue weighted by Crippen LogP contribution is -2.38. The van der Waals surface area contributed by atoms with Crippen LogP contribution in [0.5, 0.6) is 0 Å². The molecule has 0 saturated carbocycles. The minimum absolute atomic E-state index is 0.0881. The zero-order valence-electron chi connectivity index (χ0n) is 12.5. The van der Waals surface area contributed by atoms with Crippen LogP contribution in [0.4, 0.5) is 0 Å². The van der Waals surface area contributed by atoms with Gasteiger partial charge in [0.1, 0.15) is 0 Å². The molecule has 0 radical (unpaired) electrons. The Hall–Kier alpha value is 0.0569. The molecule has 0 unspecified atom stereocenters. The van der Waals surface area contributed by atoms with E-state index in [2.05, 4.69) is 12.2 Å². The van der Waals surface area contributed by atoms with Crippen molar-refractivity contribution >= 4 is 8.80 Å². The van der Waals surface area contributed by atoms with E-state index in [0.717, 1.165) is 13.0 Å². The predicted octanol–water partition coefficient (Wildman–Crippen LogP) is 2.41. The van der Waals surface area contributed by atoms with E-state index >= 15 is 0 Å². The second-order valence-electron chi connectivity index (χ2n) is 5.46. The summed E-state index contributed by atoms with van der Waals surface area (Å²) in [5.41, 5.74) is 0. The lowest BCUT2D eigenvalue weighted by Gasteiger charge is -2.09. The zero-order chi connectivity index (χ0) is 14.4. The first kappa shape index (κ1) is 19.1. The second-order valence-corrected chi connectivity index (χ2v) is 7.51. The molecule has 116 valence electrons. The lowest BCUT2D eigenvalue weighted by molar-refractivity contribution is 0.227. The van der Waals surface area contributed by atoms with Crippen molar-refractivity contribution < 1.29 is 14.4 Å². The number of hydrogen-bond donors (Lipinski definition) is 4. The summed E-state index contributed by atoms with van der Waals surface area (Å²) in [5, 5.41) is 3.12. The van der Waals surface area contributed by atoms with E-state index in [9.17, 15) is 0 Å². The summed E-state index contributed by atoms with van der Waals surface area (Å²) >= 11 is 0. The second kappa shape index (κ2) is 13.1. The van der Waals surface area contributed by atoms with Crippen molar-refractivity contribution in [3.8, 4) is 0 Å². The maximum atomic E-state index is 8.80. The van der Waals surface area contributed by atoms with Crippen molar-refractivity contribution in [1.82, 2.24) is 5.32 Å². The average molecular weight is 292 g/mol. The van der Waals surface area contributed by atoms with Crippen LogP contribution in [-0.4, -0.2) is 36.3 Å². The molecule has 19 heavy (non-hydrogen) atoms.